The number of hydrogen-bond donors (Lipinski definition) is 2. The second kappa shape index (κ2) is 6.97. The predicted octanol–water partition coefficient (Wildman–Crippen LogP) is 1.91. The number of hydrogen-bond acceptors (Lipinski definition) is 4. The first kappa shape index (κ1) is 15.3. The van der Waals surface area contributed by atoms with E-state index in [9.17, 15) is 4.79 Å². The summed E-state index contributed by atoms with van der Waals surface area (Å²) in [6, 6.07) is 2.08. The number of nitrogens with one attached hydrogen (secondary N) is 2. The van der Waals surface area contributed by atoms with Gasteiger partial charge in [-0.2, -0.15) is 0 Å². The number of halogens is 1. The smallest absolute Gasteiger partial charge is 0.265 e. The lowest BCUT2D eigenvalue weighted by molar-refractivity contribution is 0.0915. The summed E-state index contributed by atoms with van der Waals surface area (Å²) >= 11 is 1.42. The molecule has 0 saturated carbocycles. The van der Waals surface area contributed by atoms with Gasteiger partial charge >= 0.3 is 0 Å². The minimum Gasteiger partial charge on any atom is -0.495 e. The molecule has 2 unspecified atom stereocenters. The highest BCUT2D eigenvalue weighted by atomic mass is 35.5. The van der Waals surface area contributed by atoms with E-state index < -0.39 is 0 Å². The molecule has 1 aliphatic rings. The van der Waals surface area contributed by atoms with Crippen LogP contribution in [-0.4, -0.2) is 32.1 Å². The Balaban J connectivity index is 0.00000162. The fourth-order valence-electron chi connectivity index (χ4n) is 2.09. The molecule has 0 radical (unpaired) electrons. The number of amides is 1. The average molecular weight is 291 g/mol. The summed E-state index contributed by atoms with van der Waals surface area (Å²) in [5.41, 5.74) is 0. The van der Waals surface area contributed by atoms with Crippen molar-refractivity contribution >= 4 is 29.7 Å². The quantitative estimate of drug-likeness (QED) is 0.894. The van der Waals surface area contributed by atoms with Crippen molar-refractivity contribution in [3.05, 3.63) is 16.3 Å². The Morgan fingerprint density at radius 2 is 2.39 bits per heavy atom. The largest absolute Gasteiger partial charge is 0.495 e. The Kier molecular flexibility index (Phi) is 5.91. The van der Waals surface area contributed by atoms with E-state index >= 15 is 0 Å². The first-order chi connectivity index (χ1) is 8.22. The van der Waals surface area contributed by atoms with Gasteiger partial charge < -0.3 is 15.4 Å². The number of methoxy groups -OCH3 is 1. The van der Waals surface area contributed by atoms with Gasteiger partial charge in [0.1, 0.15) is 10.6 Å². The molecule has 1 saturated heterocycles. The molecule has 1 aromatic heterocycles. The van der Waals surface area contributed by atoms with Crippen LogP contribution in [0.1, 0.15) is 23.0 Å². The molecule has 2 heterocycles. The van der Waals surface area contributed by atoms with Gasteiger partial charge in [0.15, 0.2) is 0 Å². The van der Waals surface area contributed by atoms with Gasteiger partial charge in [-0.15, -0.1) is 23.7 Å². The molecule has 2 N–H and O–H groups in total. The zero-order chi connectivity index (χ0) is 12.3. The average Bonchev–Trinajstić information content (AvgIpc) is 2.80. The van der Waals surface area contributed by atoms with Gasteiger partial charge in [0, 0.05) is 6.04 Å². The summed E-state index contributed by atoms with van der Waals surface area (Å²) in [5.74, 6) is 1.11. The molecular formula is C12H19ClN2O2S. The van der Waals surface area contributed by atoms with Gasteiger partial charge in [0.2, 0.25) is 0 Å². The van der Waals surface area contributed by atoms with Gasteiger partial charge in [-0.25, -0.2) is 0 Å². The molecule has 1 aliphatic heterocycles. The normalized spacial score (nSPS) is 23.0. The second-order valence-corrected chi connectivity index (χ2v) is 5.28. The van der Waals surface area contributed by atoms with E-state index in [-0.39, 0.29) is 24.4 Å². The number of carbonyl (C=O) groups is 1. The van der Waals surface area contributed by atoms with E-state index in [0.29, 0.717) is 16.5 Å². The van der Waals surface area contributed by atoms with Crippen molar-refractivity contribution in [1.29, 1.82) is 0 Å². The van der Waals surface area contributed by atoms with Crippen LogP contribution in [0.25, 0.3) is 0 Å². The highest BCUT2D eigenvalue weighted by Crippen LogP contribution is 2.24. The van der Waals surface area contributed by atoms with Crippen LogP contribution in [0.5, 0.6) is 5.75 Å². The summed E-state index contributed by atoms with van der Waals surface area (Å²) in [5, 5.41) is 8.29. The van der Waals surface area contributed by atoms with Gasteiger partial charge in [0.25, 0.3) is 5.91 Å². The molecule has 4 nitrogen and oxygen atoms in total. The maximum atomic E-state index is 12.1. The number of carbonyl (C=O) groups excluding carboxylic acids is 1. The molecule has 1 aromatic rings. The first-order valence-electron chi connectivity index (χ1n) is 5.85. The van der Waals surface area contributed by atoms with Gasteiger partial charge in [-0.3, -0.25) is 4.79 Å². The van der Waals surface area contributed by atoms with Crippen molar-refractivity contribution < 1.29 is 9.53 Å². The summed E-state index contributed by atoms with van der Waals surface area (Å²) < 4.78 is 5.16. The van der Waals surface area contributed by atoms with Crippen molar-refractivity contribution in [2.75, 3.05) is 20.2 Å². The number of ether oxygens (including phenoxy) is 1. The first-order valence-corrected chi connectivity index (χ1v) is 6.73. The van der Waals surface area contributed by atoms with E-state index in [0.717, 1.165) is 19.5 Å². The van der Waals surface area contributed by atoms with Crippen LogP contribution in [0, 0.1) is 5.92 Å². The SMILES string of the molecule is COc1ccsc1C(=O)NC1CCNCC1C.Cl. The fourth-order valence-corrected chi connectivity index (χ4v) is 2.85. The molecule has 2 atom stereocenters. The van der Waals surface area contributed by atoms with Crippen molar-refractivity contribution in [3.63, 3.8) is 0 Å². The van der Waals surface area contributed by atoms with Crippen LogP contribution in [0.3, 0.4) is 0 Å². The molecule has 2 rings (SSSR count). The van der Waals surface area contributed by atoms with E-state index in [1.54, 1.807) is 7.11 Å². The monoisotopic (exact) mass is 290 g/mol. The number of piperidine rings is 1. The molecule has 0 spiro atoms. The van der Waals surface area contributed by atoms with E-state index in [1.165, 1.54) is 11.3 Å². The van der Waals surface area contributed by atoms with Crippen LogP contribution in [0.4, 0.5) is 0 Å². The third kappa shape index (κ3) is 3.37. The van der Waals surface area contributed by atoms with E-state index in [4.69, 9.17) is 4.74 Å². The Morgan fingerprint density at radius 3 is 3.06 bits per heavy atom. The summed E-state index contributed by atoms with van der Waals surface area (Å²) in [4.78, 5) is 12.8. The predicted molar refractivity (Wildman–Crippen MR) is 76.0 cm³/mol. The van der Waals surface area contributed by atoms with Crippen molar-refractivity contribution in [2.45, 2.75) is 19.4 Å². The fraction of sp³-hybridized carbons (Fsp3) is 0.583. The molecule has 0 aliphatic carbocycles. The van der Waals surface area contributed by atoms with Gasteiger partial charge in [-0.1, -0.05) is 6.92 Å². The second-order valence-electron chi connectivity index (χ2n) is 4.37. The number of thiophene rings is 1. The third-order valence-electron chi connectivity index (χ3n) is 3.16. The molecular weight excluding hydrogens is 272 g/mol. The molecule has 18 heavy (non-hydrogen) atoms. The summed E-state index contributed by atoms with van der Waals surface area (Å²) in [6.07, 6.45) is 0.987. The van der Waals surface area contributed by atoms with E-state index in [2.05, 4.69) is 17.6 Å². The highest BCUT2D eigenvalue weighted by Gasteiger charge is 2.24. The Morgan fingerprint density at radius 1 is 1.61 bits per heavy atom. The molecule has 0 aromatic carbocycles. The Bertz CT molecular complexity index is 397. The third-order valence-corrected chi connectivity index (χ3v) is 4.05. The minimum atomic E-state index is -0.0180. The van der Waals surface area contributed by atoms with E-state index in [1.807, 2.05) is 11.4 Å². The molecule has 6 heteroatoms. The summed E-state index contributed by atoms with van der Waals surface area (Å²) in [7, 11) is 1.59. The van der Waals surface area contributed by atoms with Gasteiger partial charge in [0.05, 0.1) is 7.11 Å². The maximum Gasteiger partial charge on any atom is 0.265 e. The zero-order valence-corrected chi connectivity index (χ0v) is 12.2. The zero-order valence-electron chi connectivity index (χ0n) is 10.6. The molecule has 1 fully saturated rings. The lowest BCUT2D eigenvalue weighted by atomic mass is 9.95. The summed E-state index contributed by atoms with van der Waals surface area (Å²) in [6.45, 7) is 4.09. The van der Waals surface area contributed by atoms with Crippen LogP contribution < -0.4 is 15.4 Å². The maximum absolute atomic E-state index is 12.1. The topological polar surface area (TPSA) is 50.4 Å². The lowest BCUT2D eigenvalue weighted by Crippen LogP contribution is -2.48. The van der Waals surface area contributed by atoms with Crippen LogP contribution in [-0.2, 0) is 0 Å². The molecule has 102 valence electrons. The van der Waals surface area contributed by atoms with Crippen molar-refractivity contribution in [1.82, 2.24) is 10.6 Å². The van der Waals surface area contributed by atoms with Crippen molar-refractivity contribution in [3.8, 4) is 5.75 Å². The van der Waals surface area contributed by atoms with Crippen LogP contribution in [0.2, 0.25) is 0 Å². The number of rotatable bonds is 3. The molecule has 1 amide bonds. The Labute approximate surface area is 118 Å². The van der Waals surface area contributed by atoms with Gasteiger partial charge in [-0.05, 0) is 36.9 Å². The van der Waals surface area contributed by atoms with Crippen molar-refractivity contribution in [2.24, 2.45) is 5.92 Å². The van der Waals surface area contributed by atoms with Crippen LogP contribution >= 0.6 is 23.7 Å². The minimum absolute atomic E-state index is 0. The molecule has 0 bridgehead atoms. The van der Waals surface area contributed by atoms with Crippen LogP contribution in [0.15, 0.2) is 11.4 Å². The lowest BCUT2D eigenvalue weighted by Gasteiger charge is -2.30. The Hall–Kier alpha value is -0.780. The standard InChI is InChI=1S/C12H18N2O2S.ClH/c1-8-7-13-5-3-9(8)14-12(15)11-10(16-2)4-6-17-11;/h4,6,8-9,13H,3,5,7H2,1-2H3,(H,14,15);1H. The highest BCUT2D eigenvalue weighted by molar-refractivity contribution is 7.12.